The molecule has 0 atom stereocenters. The standard InChI is InChI=1S/C24H38N6O2.HI/c1-25-24(26-11-10-19-6-4-9-21(18-19)22(31)28(2)3)27-12-13-29-14-16-30(17-15-29)23(32)20-7-5-8-20;/h4,6,9,18,20H,5,7-8,10-17H2,1-3H3,(H2,25,26,27);1H. The normalized spacial score (nSPS) is 17.1. The Morgan fingerprint density at radius 2 is 1.79 bits per heavy atom. The number of hydrogen-bond donors (Lipinski definition) is 2. The van der Waals surface area contributed by atoms with Gasteiger partial charge in [-0.1, -0.05) is 18.6 Å². The van der Waals surface area contributed by atoms with Crippen molar-refractivity contribution in [1.82, 2.24) is 25.3 Å². The van der Waals surface area contributed by atoms with Gasteiger partial charge in [0.15, 0.2) is 5.96 Å². The molecule has 1 aromatic rings. The van der Waals surface area contributed by atoms with Gasteiger partial charge in [0.25, 0.3) is 5.91 Å². The van der Waals surface area contributed by atoms with Gasteiger partial charge in [-0.25, -0.2) is 0 Å². The number of nitrogens with one attached hydrogen (secondary N) is 2. The fourth-order valence-electron chi connectivity index (χ4n) is 4.10. The molecule has 8 nitrogen and oxygen atoms in total. The van der Waals surface area contributed by atoms with E-state index in [-0.39, 0.29) is 29.9 Å². The van der Waals surface area contributed by atoms with Crippen molar-refractivity contribution in [2.45, 2.75) is 25.7 Å². The molecule has 2 aliphatic rings. The van der Waals surface area contributed by atoms with Crippen LogP contribution in [0.5, 0.6) is 0 Å². The Bertz CT molecular complexity index is 804. The Morgan fingerprint density at radius 1 is 1.09 bits per heavy atom. The predicted octanol–water partition coefficient (Wildman–Crippen LogP) is 1.66. The fourth-order valence-corrected chi connectivity index (χ4v) is 4.10. The maximum atomic E-state index is 12.4. The number of guanidine groups is 1. The van der Waals surface area contributed by atoms with Crippen LogP contribution >= 0.6 is 24.0 Å². The van der Waals surface area contributed by atoms with Gasteiger partial charge >= 0.3 is 0 Å². The van der Waals surface area contributed by atoms with E-state index in [1.54, 1.807) is 26.0 Å². The number of carbonyl (C=O) groups excluding carboxylic acids is 2. The van der Waals surface area contributed by atoms with Gasteiger partial charge in [0, 0.05) is 78.4 Å². The first-order valence-corrected chi connectivity index (χ1v) is 11.7. The van der Waals surface area contributed by atoms with Gasteiger partial charge in [-0.2, -0.15) is 0 Å². The van der Waals surface area contributed by atoms with E-state index in [0.29, 0.717) is 17.4 Å². The van der Waals surface area contributed by atoms with Crippen molar-refractivity contribution in [3.8, 4) is 0 Å². The Hall–Kier alpha value is -1.88. The summed E-state index contributed by atoms with van der Waals surface area (Å²) >= 11 is 0. The van der Waals surface area contributed by atoms with Crippen molar-refractivity contribution < 1.29 is 9.59 Å². The summed E-state index contributed by atoms with van der Waals surface area (Å²) in [6, 6.07) is 7.77. The van der Waals surface area contributed by atoms with Gasteiger partial charge in [-0.15, -0.1) is 24.0 Å². The third-order valence-corrected chi connectivity index (χ3v) is 6.37. The number of amides is 2. The van der Waals surface area contributed by atoms with Crippen LogP contribution in [0.1, 0.15) is 35.2 Å². The SMILES string of the molecule is CN=C(NCCc1cccc(C(=O)N(C)C)c1)NCCN1CCN(C(=O)C2CCC2)CC1.I. The van der Waals surface area contributed by atoms with E-state index in [1.165, 1.54) is 6.42 Å². The molecule has 2 N–H and O–H groups in total. The average Bonchev–Trinajstić information content (AvgIpc) is 2.77. The summed E-state index contributed by atoms with van der Waals surface area (Å²) in [6.07, 6.45) is 4.18. The van der Waals surface area contributed by atoms with Crippen LogP contribution in [0.3, 0.4) is 0 Å². The molecule has 1 aromatic carbocycles. The molecular formula is C24H39IN6O2. The monoisotopic (exact) mass is 570 g/mol. The number of rotatable bonds is 8. The molecule has 0 aromatic heterocycles. The predicted molar refractivity (Wildman–Crippen MR) is 143 cm³/mol. The molecule has 1 aliphatic carbocycles. The first-order chi connectivity index (χ1) is 15.5. The minimum atomic E-state index is 0. The lowest BCUT2D eigenvalue weighted by molar-refractivity contribution is -0.139. The van der Waals surface area contributed by atoms with E-state index >= 15 is 0 Å². The summed E-state index contributed by atoms with van der Waals surface area (Å²) in [4.78, 5) is 34.8. The quantitative estimate of drug-likeness (QED) is 0.283. The third kappa shape index (κ3) is 8.13. The largest absolute Gasteiger partial charge is 0.356 e. The molecule has 33 heavy (non-hydrogen) atoms. The minimum absolute atomic E-state index is 0. The summed E-state index contributed by atoms with van der Waals surface area (Å²) in [5.74, 6) is 1.47. The molecule has 2 fully saturated rings. The molecule has 0 unspecified atom stereocenters. The van der Waals surface area contributed by atoms with Crippen molar-refractivity contribution in [2.75, 3.05) is 67.0 Å². The zero-order valence-corrected chi connectivity index (χ0v) is 22.5. The lowest BCUT2D eigenvalue weighted by Crippen LogP contribution is -2.52. The van der Waals surface area contributed by atoms with Gasteiger partial charge in [0.05, 0.1) is 0 Å². The number of piperazine rings is 1. The lowest BCUT2D eigenvalue weighted by atomic mass is 9.84. The Labute approximate surface area is 215 Å². The molecule has 0 spiro atoms. The van der Waals surface area contributed by atoms with Crippen molar-refractivity contribution in [2.24, 2.45) is 10.9 Å². The van der Waals surface area contributed by atoms with E-state index in [0.717, 1.165) is 76.6 Å². The van der Waals surface area contributed by atoms with Crippen LogP contribution in [0.4, 0.5) is 0 Å². The molecule has 1 saturated carbocycles. The van der Waals surface area contributed by atoms with Crippen molar-refractivity contribution >= 4 is 41.8 Å². The van der Waals surface area contributed by atoms with E-state index < -0.39 is 0 Å². The fraction of sp³-hybridized carbons (Fsp3) is 0.625. The number of halogens is 1. The third-order valence-electron chi connectivity index (χ3n) is 6.37. The molecule has 0 radical (unpaired) electrons. The molecule has 9 heteroatoms. The topological polar surface area (TPSA) is 80.3 Å². The van der Waals surface area contributed by atoms with Crippen molar-refractivity contribution in [3.05, 3.63) is 35.4 Å². The van der Waals surface area contributed by atoms with Crippen LogP contribution in [0.2, 0.25) is 0 Å². The van der Waals surface area contributed by atoms with E-state index in [2.05, 4.69) is 25.4 Å². The summed E-state index contributed by atoms with van der Waals surface area (Å²) in [5, 5.41) is 6.72. The highest BCUT2D eigenvalue weighted by atomic mass is 127. The maximum absolute atomic E-state index is 12.4. The van der Waals surface area contributed by atoms with Crippen molar-refractivity contribution in [1.29, 1.82) is 0 Å². The molecule has 0 bridgehead atoms. The van der Waals surface area contributed by atoms with Gasteiger partial charge < -0.3 is 20.4 Å². The van der Waals surface area contributed by atoms with Crippen LogP contribution in [0.15, 0.2) is 29.3 Å². The van der Waals surface area contributed by atoms with E-state index in [4.69, 9.17) is 0 Å². The number of hydrogen-bond acceptors (Lipinski definition) is 4. The summed E-state index contributed by atoms with van der Waals surface area (Å²) < 4.78 is 0. The molecular weight excluding hydrogens is 531 g/mol. The summed E-state index contributed by atoms with van der Waals surface area (Å²) in [7, 11) is 5.30. The van der Waals surface area contributed by atoms with E-state index in [1.807, 2.05) is 24.3 Å². The average molecular weight is 571 g/mol. The van der Waals surface area contributed by atoms with Crippen LogP contribution in [-0.2, 0) is 11.2 Å². The van der Waals surface area contributed by atoms with Gasteiger partial charge in [0.1, 0.15) is 0 Å². The van der Waals surface area contributed by atoms with Gasteiger partial charge in [0.2, 0.25) is 5.91 Å². The Kier molecular flexibility index (Phi) is 11.4. The van der Waals surface area contributed by atoms with Crippen LogP contribution in [0.25, 0.3) is 0 Å². The summed E-state index contributed by atoms with van der Waals surface area (Å²) in [5.41, 5.74) is 1.83. The number of aliphatic imine (C=N–C) groups is 1. The van der Waals surface area contributed by atoms with Gasteiger partial charge in [-0.05, 0) is 37.0 Å². The molecule has 3 rings (SSSR count). The first-order valence-electron chi connectivity index (χ1n) is 11.7. The summed E-state index contributed by atoms with van der Waals surface area (Å²) in [6.45, 7) is 6.04. The number of benzene rings is 1. The molecule has 1 aliphatic heterocycles. The van der Waals surface area contributed by atoms with Crippen LogP contribution in [0, 0.1) is 5.92 Å². The molecule has 2 amide bonds. The van der Waals surface area contributed by atoms with Crippen LogP contribution in [-0.4, -0.2) is 99.4 Å². The highest BCUT2D eigenvalue weighted by Gasteiger charge is 2.30. The second-order valence-electron chi connectivity index (χ2n) is 8.87. The number of nitrogens with zero attached hydrogens (tertiary/aromatic N) is 4. The first kappa shape index (κ1) is 27.4. The Balaban J connectivity index is 0.00000385. The number of carbonyl (C=O) groups is 2. The van der Waals surface area contributed by atoms with E-state index in [9.17, 15) is 9.59 Å². The van der Waals surface area contributed by atoms with Gasteiger partial charge in [-0.3, -0.25) is 19.5 Å². The molecule has 184 valence electrons. The van der Waals surface area contributed by atoms with Crippen molar-refractivity contribution in [3.63, 3.8) is 0 Å². The van der Waals surface area contributed by atoms with Crippen LogP contribution < -0.4 is 10.6 Å². The second-order valence-corrected chi connectivity index (χ2v) is 8.87. The minimum Gasteiger partial charge on any atom is -0.356 e. The molecule has 1 heterocycles. The molecule has 1 saturated heterocycles. The second kappa shape index (κ2) is 13.7. The smallest absolute Gasteiger partial charge is 0.253 e. The lowest BCUT2D eigenvalue weighted by Gasteiger charge is -2.38. The highest BCUT2D eigenvalue weighted by molar-refractivity contribution is 14.0. The Morgan fingerprint density at radius 3 is 2.39 bits per heavy atom. The zero-order chi connectivity index (χ0) is 22.9. The highest BCUT2D eigenvalue weighted by Crippen LogP contribution is 2.28. The zero-order valence-electron chi connectivity index (χ0n) is 20.2. The maximum Gasteiger partial charge on any atom is 0.253 e.